The summed E-state index contributed by atoms with van der Waals surface area (Å²) in [6, 6.07) is 23.0. The van der Waals surface area contributed by atoms with Crippen LogP contribution in [-0.4, -0.2) is 66.9 Å². The zero-order valence-electron chi connectivity index (χ0n) is 26.9. The van der Waals surface area contributed by atoms with Crippen LogP contribution in [0.5, 0.6) is 5.75 Å². The van der Waals surface area contributed by atoms with Crippen LogP contribution in [0.1, 0.15) is 35.0 Å². The van der Waals surface area contributed by atoms with E-state index < -0.39 is 13.7 Å². The normalized spacial score (nSPS) is 22.3. The number of hydrogen-bond acceptors (Lipinski definition) is 7. The molecule has 0 saturated carbocycles. The summed E-state index contributed by atoms with van der Waals surface area (Å²) >= 11 is 0. The lowest BCUT2D eigenvalue weighted by atomic mass is 9.82. The van der Waals surface area contributed by atoms with Gasteiger partial charge in [-0.15, -0.1) is 5.10 Å². The van der Waals surface area contributed by atoms with Crippen molar-refractivity contribution in [3.05, 3.63) is 95.8 Å². The highest BCUT2D eigenvalue weighted by molar-refractivity contribution is 6.91. The van der Waals surface area contributed by atoms with Gasteiger partial charge in [0, 0.05) is 55.5 Å². The number of hydrogen-bond donors (Lipinski definition) is 2. The van der Waals surface area contributed by atoms with Gasteiger partial charge in [0.05, 0.1) is 32.7 Å². The van der Waals surface area contributed by atoms with Crippen molar-refractivity contribution in [2.75, 3.05) is 31.0 Å². The first-order valence-electron chi connectivity index (χ1n) is 15.7. The molecule has 0 radical (unpaired) electrons. The van der Waals surface area contributed by atoms with Crippen LogP contribution in [0.4, 0.5) is 11.4 Å². The number of carbonyl (C=O) groups excluding carboxylic acids is 2. The van der Waals surface area contributed by atoms with E-state index in [0.717, 1.165) is 22.7 Å². The molecule has 1 saturated heterocycles. The maximum atomic E-state index is 14.4. The quantitative estimate of drug-likeness (QED) is 0.248. The summed E-state index contributed by atoms with van der Waals surface area (Å²) in [5.41, 5.74) is 2.30. The fourth-order valence-corrected chi connectivity index (χ4v) is 11.6. The topological polar surface area (TPSA) is 119 Å². The molecule has 2 amide bonds. The van der Waals surface area contributed by atoms with Crippen LogP contribution < -0.4 is 20.1 Å². The molecule has 6 rings (SSSR count). The number of fused-ring (bicyclic) bond motifs is 2. The predicted molar refractivity (Wildman–Crippen MR) is 179 cm³/mol. The Bertz CT molecular complexity index is 1730. The largest absolute Gasteiger partial charge is 0.497 e. The summed E-state index contributed by atoms with van der Waals surface area (Å²) < 4.78 is 14.4. The zero-order valence-corrected chi connectivity index (χ0v) is 27.9. The molecule has 4 atom stereocenters. The molecule has 1 fully saturated rings. The number of nitrogens with one attached hydrogen (secondary N) is 1. The molecule has 46 heavy (non-hydrogen) atoms. The van der Waals surface area contributed by atoms with Crippen LogP contribution in [0.15, 0.2) is 79.0 Å². The van der Waals surface area contributed by atoms with Crippen molar-refractivity contribution in [1.82, 2.24) is 15.0 Å². The Morgan fingerprint density at radius 2 is 1.85 bits per heavy atom. The number of aromatic nitrogens is 3. The highest BCUT2D eigenvalue weighted by atomic mass is 28.3. The van der Waals surface area contributed by atoms with Crippen molar-refractivity contribution in [2.45, 2.75) is 56.7 Å². The van der Waals surface area contributed by atoms with Gasteiger partial charge >= 0.3 is 0 Å². The number of likely N-dealkylation sites (N-methyl/N-ethyl adjacent to an activating group) is 1. The van der Waals surface area contributed by atoms with Crippen LogP contribution in [-0.2, 0) is 28.1 Å². The molecule has 0 aliphatic carbocycles. The third kappa shape index (κ3) is 5.42. The molecular formula is C35H41N5O5Si. The molecular weight excluding hydrogens is 599 g/mol. The lowest BCUT2D eigenvalue weighted by molar-refractivity contribution is -0.145. The van der Waals surface area contributed by atoms with Crippen LogP contribution in [0, 0.1) is 5.92 Å². The fourth-order valence-electron chi connectivity index (χ4n) is 7.50. The first-order chi connectivity index (χ1) is 22.1. The number of anilines is 2. The van der Waals surface area contributed by atoms with E-state index in [1.165, 1.54) is 5.19 Å². The number of nitrogens with zero attached hydrogens (tertiary/aromatic N) is 4. The van der Waals surface area contributed by atoms with Crippen molar-refractivity contribution in [3.63, 3.8) is 0 Å². The smallest absolute Gasteiger partial charge is 0.264 e. The van der Waals surface area contributed by atoms with Gasteiger partial charge in [0.15, 0.2) is 5.60 Å². The van der Waals surface area contributed by atoms with Crippen molar-refractivity contribution < 1.29 is 24.2 Å². The number of aryl methyl sites for hydroxylation is 1. The SMILES string of the molecule is COc1ccc([Si](C)(C)[C@@H]2[C@@H](CCn3cc(CCO)nn3)O[C@]3(C(=O)N(C)c4ccc(NC(=O)c5ccccc5)cc43)[C@H]2C)cc1. The van der Waals surface area contributed by atoms with Gasteiger partial charge in [-0.2, -0.15) is 0 Å². The standard InChI is InChI=1S/C35H41N5O5Si/c1-23-32(46(4,5)28-14-12-27(44-3)13-15-28)31(17-19-40-22-26(18-20-41)37-38-40)45-35(23)29-21-25(11-16-30(29)39(2)34(35)43)36-33(42)24-9-7-6-8-10-24/h6-16,21-23,31-32,41H,17-20H2,1-5H3,(H,36,42)/t23-,31+,32-,35+/m0/s1. The average Bonchev–Trinajstić information content (AvgIpc) is 3.70. The number of amides is 2. The second-order valence-corrected chi connectivity index (χ2v) is 17.5. The van der Waals surface area contributed by atoms with Gasteiger partial charge in [-0.1, -0.05) is 60.7 Å². The summed E-state index contributed by atoms with van der Waals surface area (Å²) in [5.74, 6) is 0.316. The molecule has 1 spiro atoms. The molecule has 1 aromatic heterocycles. The second kappa shape index (κ2) is 12.5. The lowest BCUT2D eigenvalue weighted by Crippen LogP contribution is -2.51. The van der Waals surface area contributed by atoms with E-state index in [9.17, 15) is 14.7 Å². The van der Waals surface area contributed by atoms with Gasteiger partial charge in [-0.3, -0.25) is 14.3 Å². The van der Waals surface area contributed by atoms with E-state index >= 15 is 0 Å². The Labute approximate surface area is 270 Å². The third-order valence-corrected chi connectivity index (χ3v) is 14.2. The van der Waals surface area contributed by atoms with Crippen LogP contribution in [0.3, 0.4) is 0 Å². The zero-order chi connectivity index (χ0) is 32.6. The van der Waals surface area contributed by atoms with Crippen LogP contribution in [0.2, 0.25) is 18.6 Å². The highest BCUT2D eigenvalue weighted by Gasteiger charge is 2.65. The van der Waals surface area contributed by atoms with E-state index in [4.69, 9.17) is 9.47 Å². The minimum Gasteiger partial charge on any atom is -0.497 e. The molecule has 10 nitrogen and oxygen atoms in total. The van der Waals surface area contributed by atoms with E-state index in [1.807, 2.05) is 54.7 Å². The number of aliphatic hydroxyl groups excluding tert-OH is 1. The molecule has 11 heteroatoms. The number of carbonyl (C=O) groups is 2. The molecule has 240 valence electrons. The molecule has 3 heterocycles. The van der Waals surface area contributed by atoms with Crippen LogP contribution >= 0.6 is 0 Å². The Morgan fingerprint density at radius 3 is 2.54 bits per heavy atom. The molecule has 2 aliphatic rings. The monoisotopic (exact) mass is 639 g/mol. The van der Waals surface area contributed by atoms with E-state index in [2.05, 4.69) is 47.8 Å². The fraction of sp³-hybridized carbons (Fsp3) is 0.371. The van der Waals surface area contributed by atoms with Crippen molar-refractivity contribution in [3.8, 4) is 5.75 Å². The number of ether oxygens (including phenoxy) is 2. The number of aliphatic hydroxyl groups is 1. The van der Waals surface area contributed by atoms with Gasteiger partial charge in [0.25, 0.3) is 11.8 Å². The Morgan fingerprint density at radius 1 is 1.11 bits per heavy atom. The second-order valence-electron chi connectivity index (χ2n) is 12.8. The molecule has 0 unspecified atom stereocenters. The summed E-state index contributed by atoms with van der Waals surface area (Å²) in [5, 5.41) is 22.1. The van der Waals surface area contributed by atoms with Gasteiger partial charge in [-0.05, 0) is 54.4 Å². The maximum absolute atomic E-state index is 14.4. The predicted octanol–water partition coefficient (Wildman–Crippen LogP) is 4.36. The summed E-state index contributed by atoms with van der Waals surface area (Å²) in [6.45, 7) is 7.41. The summed E-state index contributed by atoms with van der Waals surface area (Å²) in [6.07, 6.45) is 2.68. The van der Waals surface area contributed by atoms with Gasteiger partial charge in [-0.25, -0.2) is 0 Å². The minimum absolute atomic E-state index is 0.0109. The first-order valence-corrected chi connectivity index (χ1v) is 18.8. The van der Waals surface area contributed by atoms with Crippen LogP contribution in [0.25, 0.3) is 0 Å². The van der Waals surface area contributed by atoms with Crippen molar-refractivity contribution in [1.29, 1.82) is 0 Å². The Kier molecular flexibility index (Phi) is 8.58. The number of benzene rings is 3. The molecule has 3 aromatic carbocycles. The Hall–Kier alpha value is -4.32. The van der Waals surface area contributed by atoms with E-state index in [-0.39, 0.29) is 36.0 Å². The summed E-state index contributed by atoms with van der Waals surface area (Å²) in [4.78, 5) is 29.2. The Balaban J connectivity index is 1.39. The van der Waals surface area contributed by atoms with E-state index in [1.54, 1.807) is 35.9 Å². The lowest BCUT2D eigenvalue weighted by Gasteiger charge is -2.37. The molecule has 2 aliphatic heterocycles. The van der Waals surface area contributed by atoms with Gasteiger partial charge in [0.2, 0.25) is 0 Å². The molecule has 2 N–H and O–H groups in total. The first kappa shape index (κ1) is 31.7. The number of methoxy groups -OCH3 is 1. The van der Waals surface area contributed by atoms with Crippen molar-refractivity contribution >= 4 is 36.4 Å². The molecule has 0 bridgehead atoms. The van der Waals surface area contributed by atoms with Crippen molar-refractivity contribution in [2.24, 2.45) is 5.92 Å². The van der Waals surface area contributed by atoms with Gasteiger partial charge < -0.3 is 24.8 Å². The van der Waals surface area contributed by atoms with E-state index in [0.29, 0.717) is 30.6 Å². The average molecular weight is 640 g/mol. The minimum atomic E-state index is -2.30. The summed E-state index contributed by atoms with van der Waals surface area (Å²) in [7, 11) is 1.15. The number of rotatable bonds is 10. The highest BCUT2D eigenvalue weighted by Crippen LogP contribution is 2.60. The maximum Gasteiger partial charge on any atom is 0.264 e. The van der Waals surface area contributed by atoms with Gasteiger partial charge in [0.1, 0.15) is 5.75 Å². The third-order valence-electron chi connectivity index (χ3n) is 9.86. The molecule has 4 aromatic rings.